The third kappa shape index (κ3) is 3.67. The molecule has 0 atom stereocenters. The van der Waals surface area contributed by atoms with E-state index in [-0.39, 0.29) is 22.6 Å². The second-order valence-corrected chi connectivity index (χ2v) is 3.56. The van der Waals surface area contributed by atoms with Gasteiger partial charge in [-0.05, 0) is 12.1 Å². The molecular weight excluding hydrogens is 252 g/mol. The summed E-state index contributed by atoms with van der Waals surface area (Å²) in [6.45, 7) is 3.22. The highest BCUT2D eigenvalue weighted by molar-refractivity contribution is 5.93. The van der Waals surface area contributed by atoms with Crippen LogP contribution in [0.3, 0.4) is 0 Å². The lowest BCUT2D eigenvalue weighted by atomic mass is 10.2. The molecule has 0 bridgehead atoms. The Labute approximate surface area is 109 Å². The SMILES string of the molecule is C=C(CC(=O)Oc1c(C=O)cccc1OC)C(=O)O. The van der Waals surface area contributed by atoms with E-state index in [1.54, 1.807) is 6.07 Å². The molecule has 0 aliphatic rings. The largest absolute Gasteiger partial charge is 0.493 e. The number of benzene rings is 1. The van der Waals surface area contributed by atoms with Crippen LogP contribution in [-0.2, 0) is 9.59 Å². The quantitative estimate of drug-likeness (QED) is 0.362. The average Bonchev–Trinajstić information content (AvgIpc) is 2.38. The second kappa shape index (κ2) is 6.34. The zero-order chi connectivity index (χ0) is 14.4. The summed E-state index contributed by atoms with van der Waals surface area (Å²) in [6, 6.07) is 4.53. The van der Waals surface area contributed by atoms with E-state index in [1.807, 2.05) is 0 Å². The van der Waals surface area contributed by atoms with Crippen LogP contribution < -0.4 is 9.47 Å². The van der Waals surface area contributed by atoms with Gasteiger partial charge in [-0.25, -0.2) is 4.79 Å². The molecular formula is C13H12O6. The molecule has 19 heavy (non-hydrogen) atoms. The highest BCUT2D eigenvalue weighted by Crippen LogP contribution is 2.30. The van der Waals surface area contributed by atoms with Crippen LogP contribution in [0.2, 0.25) is 0 Å². The van der Waals surface area contributed by atoms with Crippen molar-refractivity contribution < 1.29 is 29.0 Å². The summed E-state index contributed by atoms with van der Waals surface area (Å²) in [6.07, 6.45) is 0.0306. The predicted octanol–water partition coefficient (Wildman–Crippen LogP) is 1.44. The fourth-order valence-corrected chi connectivity index (χ4v) is 1.30. The van der Waals surface area contributed by atoms with Crippen LogP contribution in [0.15, 0.2) is 30.4 Å². The van der Waals surface area contributed by atoms with Crippen molar-refractivity contribution in [1.82, 2.24) is 0 Å². The first-order valence-corrected chi connectivity index (χ1v) is 5.23. The molecule has 0 heterocycles. The number of ether oxygens (including phenoxy) is 2. The molecule has 0 saturated heterocycles. The number of aliphatic carboxylic acids is 1. The summed E-state index contributed by atoms with van der Waals surface area (Å²) < 4.78 is 9.93. The number of hydrogen-bond donors (Lipinski definition) is 1. The molecule has 0 amide bonds. The van der Waals surface area contributed by atoms with Crippen LogP contribution in [-0.4, -0.2) is 30.4 Å². The first-order valence-electron chi connectivity index (χ1n) is 5.23. The molecule has 6 nitrogen and oxygen atoms in total. The van der Waals surface area contributed by atoms with E-state index in [0.29, 0.717) is 6.29 Å². The summed E-state index contributed by atoms with van der Waals surface area (Å²) in [5.41, 5.74) is -0.166. The minimum absolute atomic E-state index is 0.0387. The van der Waals surface area contributed by atoms with E-state index in [4.69, 9.17) is 14.6 Å². The lowest BCUT2D eigenvalue weighted by molar-refractivity contribution is -0.138. The van der Waals surface area contributed by atoms with Crippen molar-refractivity contribution in [3.05, 3.63) is 35.9 Å². The van der Waals surface area contributed by atoms with Crippen LogP contribution >= 0.6 is 0 Å². The van der Waals surface area contributed by atoms with Gasteiger partial charge in [0, 0.05) is 5.57 Å². The molecule has 0 spiro atoms. The standard InChI is InChI=1S/C13H12O6/c1-8(13(16)17)6-11(15)19-12-9(7-14)4-3-5-10(12)18-2/h3-5,7H,1,6H2,2H3,(H,16,17). The van der Waals surface area contributed by atoms with E-state index in [2.05, 4.69) is 6.58 Å². The molecule has 0 saturated carbocycles. The number of methoxy groups -OCH3 is 1. The summed E-state index contributed by atoms with van der Waals surface area (Å²) in [5, 5.41) is 8.61. The molecule has 100 valence electrons. The third-order valence-corrected chi connectivity index (χ3v) is 2.23. The Morgan fingerprint density at radius 3 is 2.63 bits per heavy atom. The van der Waals surface area contributed by atoms with Crippen molar-refractivity contribution in [3.63, 3.8) is 0 Å². The highest BCUT2D eigenvalue weighted by Gasteiger charge is 2.17. The molecule has 0 unspecified atom stereocenters. The van der Waals surface area contributed by atoms with E-state index in [1.165, 1.54) is 19.2 Å². The molecule has 6 heteroatoms. The molecule has 1 rings (SSSR count). The molecule has 1 N–H and O–H groups in total. The minimum Gasteiger partial charge on any atom is -0.493 e. The van der Waals surface area contributed by atoms with E-state index >= 15 is 0 Å². The number of carboxylic acid groups (broad SMARTS) is 1. The summed E-state index contributed by atoms with van der Waals surface area (Å²) >= 11 is 0. The maximum absolute atomic E-state index is 11.5. The fraction of sp³-hybridized carbons (Fsp3) is 0.154. The Morgan fingerprint density at radius 1 is 1.42 bits per heavy atom. The Bertz CT molecular complexity index is 532. The second-order valence-electron chi connectivity index (χ2n) is 3.56. The van der Waals surface area contributed by atoms with Crippen molar-refractivity contribution in [2.24, 2.45) is 0 Å². The van der Waals surface area contributed by atoms with Gasteiger partial charge in [0.2, 0.25) is 0 Å². The number of carbonyl (C=O) groups is 3. The molecule has 0 aromatic heterocycles. The predicted molar refractivity (Wildman–Crippen MR) is 65.4 cm³/mol. The van der Waals surface area contributed by atoms with Gasteiger partial charge in [0.05, 0.1) is 19.1 Å². The number of rotatable bonds is 6. The van der Waals surface area contributed by atoms with Crippen LogP contribution in [0.5, 0.6) is 11.5 Å². The number of esters is 1. The highest BCUT2D eigenvalue weighted by atomic mass is 16.6. The van der Waals surface area contributed by atoms with Gasteiger partial charge in [0.1, 0.15) is 0 Å². The van der Waals surface area contributed by atoms with Crippen molar-refractivity contribution in [2.75, 3.05) is 7.11 Å². The van der Waals surface area contributed by atoms with Crippen LogP contribution in [0.4, 0.5) is 0 Å². The molecule has 1 aromatic carbocycles. The Hall–Kier alpha value is -2.63. The van der Waals surface area contributed by atoms with Gasteiger partial charge in [-0.1, -0.05) is 12.6 Å². The lowest BCUT2D eigenvalue weighted by Crippen LogP contribution is -2.13. The Morgan fingerprint density at radius 2 is 2.11 bits per heavy atom. The first kappa shape index (κ1) is 14.4. The Balaban J connectivity index is 2.92. The normalized spacial score (nSPS) is 9.53. The van der Waals surface area contributed by atoms with Gasteiger partial charge >= 0.3 is 11.9 Å². The van der Waals surface area contributed by atoms with Gasteiger partial charge < -0.3 is 14.6 Å². The molecule has 0 aliphatic heterocycles. The summed E-state index contributed by atoms with van der Waals surface area (Å²) in [7, 11) is 1.36. The summed E-state index contributed by atoms with van der Waals surface area (Å²) in [4.78, 5) is 32.9. The number of aldehydes is 1. The monoisotopic (exact) mass is 264 g/mol. The number of hydrogen-bond acceptors (Lipinski definition) is 5. The van der Waals surface area contributed by atoms with Crippen LogP contribution in [0.1, 0.15) is 16.8 Å². The first-order chi connectivity index (χ1) is 8.99. The minimum atomic E-state index is -1.28. The van der Waals surface area contributed by atoms with E-state index in [0.717, 1.165) is 0 Å². The number of carboxylic acids is 1. The molecule has 0 fully saturated rings. The average molecular weight is 264 g/mol. The van der Waals surface area contributed by atoms with Crippen molar-refractivity contribution in [3.8, 4) is 11.5 Å². The molecule has 0 aliphatic carbocycles. The summed E-state index contributed by atoms with van der Waals surface area (Å²) in [5.74, 6) is -1.95. The van der Waals surface area contributed by atoms with Crippen molar-refractivity contribution in [1.29, 1.82) is 0 Å². The smallest absolute Gasteiger partial charge is 0.331 e. The van der Waals surface area contributed by atoms with Crippen LogP contribution in [0.25, 0.3) is 0 Å². The maximum atomic E-state index is 11.5. The van der Waals surface area contributed by atoms with Gasteiger partial charge in [-0.15, -0.1) is 0 Å². The number of para-hydroxylation sites is 1. The molecule has 1 aromatic rings. The van der Waals surface area contributed by atoms with Gasteiger partial charge in [0.25, 0.3) is 0 Å². The van der Waals surface area contributed by atoms with Crippen molar-refractivity contribution in [2.45, 2.75) is 6.42 Å². The fourth-order valence-electron chi connectivity index (χ4n) is 1.30. The number of carbonyl (C=O) groups excluding carboxylic acids is 2. The van der Waals surface area contributed by atoms with E-state index < -0.39 is 18.4 Å². The lowest BCUT2D eigenvalue weighted by Gasteiger charge is -2.10. The van der Waals surface area contributed by atoms with Gasteiger partial charge in [0.15, 0.2) is 17.8 Å². The van der Waals surface area contributed by atoms with Gasteiger partial charge in [-0.3, -0.25) is 9.59 Å². The van der Waals surface area contributed by atoms with Crippen LogP contribution in [0, 0.1) is 0 Å². The zero-order valence-corrected chi connectivity index (χ0v) is 10.2. The Kier molecular flexibility index (Phi) is 4.82. The zero-order valence-electron chi connectivity index (χ0n) is 10.2. The van der Waals surface area contributed by atoms with Gasteiger partial charge in [-0.2, -0.15) is 0 Å². The maximum Gasteiger partial charge on any atom is 0.331 e. The molecule has 0 radical (unpaired) electrons. The van der Waals surface area contributed by atoms with Crippen molar-refractivity contribution >= 4 is 18.2 Å². The third-order valence-electron chi connectivity index (χ3n) is 2.23. The van der Waals surface area contributed by atoms with E-state index in [9.17, 15) is 14.4 Å². The topological polar surface area (TPSA) is 89.9 Å².